The number of rotatable bonds is 6. The van der Waals surface area contributed by atoms with Crippen LogP contribution in [0, 0.1) is 13.8 Å². The van der Waals surface area contributed by atoms with E-state index in [-0.39, 0.29) is 11.3 Å². The summed E-state index contributed by atoms with van der Waals surface area (Å²) in [6, 6.07) is 6.51. The molecular weight excluding hydrogens is 382 g/mol. The number of carbonyl (C=O) groups excluding carboxylic acids is 2. The number of aromatic nitrogens is 1. The summed E-state index contributed by atoms with van der Waals surface area (Å²) in [5, 5.41) is 11.3. The second-order valence-electron chi connectivity index (χ2n) is 7.74. The van der Waals surface area contributed by atoms with Gasteiger partial charge in [0.2, 0.25) is 0 Å². The van der Waals surface area contributed by atoms with Gasteiger partial charge in [0.05, 0.1) is 24.3 Å². The van der Waals surface area contributed by atoms with Crippen LogP contribution >= 0.6 is 0 Å². The van der Waals surface area contributed by atoms with Gasteiger partial charge in [-0.25, -0.2) is 0 Å². The molecule has 0 spiro atoms. The van der Waals surface area contributed by atoms with Gasteiger partial charge in [0.25, 0.3) is 11.7 Å². The van der Waals surface area contributed by atoms with Crippen LogP contribution in [0.25, 0.3) is 5.76 Å². The summed E-state index contributed by atoms with van der Waals surface area (Å²) < 4.78 is 5.50. The first-order valence-corrected chi connectivity index (χ1v) is 9.75. The van der Waals surface area contributed by atoms with Crippen molar-refractivity contribution < 1.29 is 19.4 Å². The summed E-state index contributed by atoms with van der Waals surface area (Å²) >= 11 is 0. The van der Waals surface area contributed by atoms with Gasteiger partial charge >= 0.3 is 0 Å². The lowest BCUT2D eigenvalue weighted by Gasteiger charge is -2.26. The number of amides is 1. The van der Waals surface area contributed by atoms with E-state index in [9.17, 15) is 14.7 Å². The van der Waals surface area contributed by atoms with Crippen LogP contribution in [-0.4, -0.2) is 65.9 Å². The number of hydrogen-bond acceptors (Lipinski definition) is 6. The van der Waals surface area contributed by atoms with Gasteiger partial charge in [-0.15, -0.1) is 0 Å². The highest BCUT2D eigenvalue weighted by Crippen LogP contribution is 2.41. The first-order valence-electron chi connectivity index (χ1n) is 9.75. The van der Waals surface area contributed by atoms with Gasteiger partial charge in [0.1, 0.15) is 11.5 Å². The van der Waals surface area contributed by atoms with Crippen LogP contribution in [0.4, 0.5) is 0 Å². The van der Waals surface area contributed by atoms with Crippen molar-refractivity contribution in [2.24, 2.45) is 0 Å². The highest BCUT2D eigenvalue weighted by molar-refractivity contribution is 6.46. The highest BCUT2D eigenvalue weighted by atomic mass is 16.5. The Morgan fingerprint density at radius 2 is 1.87 bits per heavy atom. The summed E-state index contributed by atoms with van der Waals surface area (Å²) in [5.41, 5.74) is 2.93. The number of likely N-dealkylation sites (N-methyl/N-ethyl adjacent to an activating group) is 1. The third-order valence-electron chi connectivity index (χ3n) is 5.23. The quantitative estimate of drug-likeness (QED) is 0.449. The van der Waals surface area contributed by atoms with Crippen molar-refractivity contribution >= 4 is 17.4 Å². The van der Waals surface area contributed by atoms with Crippen molar-refractivity contribution in [1.29, 1.82) is 0 Å². The van der Waals surface area contributed by atoms with E-state index in [4.69, 9.17) is 4.74 Å². The topological polar surface area (TPSA) is 83.0 Å². The smallest absolute Gasteiger partial charge is 0.295 e. The number of methoxy groups -OCH3 is 1. The molecular formula is C23H27N3O4. The van der Waals surface area contributed by atoms with Crippen LogP contribution < -0.4 is 4.74 Å². The lowest BCUT2D eigenvalue weighted by Crippen LogP contribution is -2.35. The summed E-state index contributed by atoms with van der Waals surface area (Å²) in [4.78, 5) is 33.4. The van der Waals surface area contributed by atoms with Crippen LogP contribution in [0.3, 0.4) is 0 Å². The Morgan fingerprint density at radius 1 is 1.20 bits per heavy atom. The molecule has 1 atom stereocenters. The average Bonchev–Trinajstić information content (AvgIpc) is 2.96. The molecule has 1 amide bonds. The molecule has 1 unspecified atom stereocenters. The molecule has 158 valence electrons. The van der Waals surface area contributed by atoms with E-state index in [1.54, 1.807) is 30.6 Å². The molecule has 1 aliphatic heterocycles. The number of hydrogen-bond donors (Lipinski definition) is 1. The molecule has 2 aromatic rings. The van der Waals surface area contributed by atoms with E-state index < -0.39 is 17.7 Å². The van der Waals surface area contributed by atoms with Gasteiger partial charge < -0.3 is 19.6 Å². The number of aliphatic hydroxyl groups excluding tert-OH is 1. The van der Waals surface area contributed by atoms with Crippen LogP contribution in [0.5, 0.6) is 5.75 Å². The number of ether oxygens (including phenoxy) is 1. The fraction of sp³-hybridized carbons (Fsp3) is 0.348. The highest BCUT2D eigenvalue weighted by Gasteiger charge is 2.46. The minimum atomic E-state index is -0.700. The van der Waals surface area contributed by atoms with Crippen molar-refractivity contribution in [3.05, 3.63) is 64.5 Å². The van der Waals surface area contributed by atoms with Gasteiger partial charge in [0.15, 0.2) is 0 Å². The molecule has 1 N–H and O–H groups in total. The molecule has 3 rings (SSSR count). The zero-order valence-electron chi connectivity index (χ0n) is 18.0. The molecule has 0 saturated carbocycles. The van der Waals surface area contributed by atoms with E-state index in [2.05, 4.69) is 4.98 Å². The van der Waals surface area contributed by atoms with Gasteiger partial charge in [-0.1, -0.05) is 6.07 Å². The third-order valence-corrected chi connectivity index (χ3v) is 5.23. The molecule has 2 heterocycles. The Balaban J connectivity index is 2.23. The number of pyridine rings is 1. The maximum absolute atomic E-state index is 13.0. The van der Waals surface area contributed by atoms with Gasteiger partial charge in [-0.2, -0.15) is 0 Å². The van der Waals surface area contributed by atoms with Crippen molar-refractivity contribution in [2.45, 2.75) is 19.9 Å². The molecule has 0 bridgehead atoms. The normalized spacial score (nSPS) is 18.3. The van der Waals surface area contributed by atoms with Gasteiger partial charge in [-0.05, 0) is 62.8 Å². The molecule has 0 radical (unpaired) electrons. The molecule has 1 saturated heterocycles. The molecule has 1 aromatic heterocycles. The fourth-order valence-corrected chi connectivity index (χ4v) is 3.86. The molecule has 1 fully saturated rings. The number of ketones is 1. The maximum Gasteiger partial charge on any atom is 0.295 e. The minimum absolute atomic E-state index is 0.0632. The summed E-state index contributed by atoms with van der Waals surface area (Å²) in [7, 11) is 5.32. The third kappa shape index (κ3) is 3.93. The Morgan fingerprint density at radius 3 is 2.47 bits per heavy atom. The number of likely N-dealkylation sites (tertiary alicyclic amines) is 1. The van der Waals surface area contributed by atoms with E-state index >= 15 is 0 Å². The largest absolute Gasteiger partial charge is 0.507 e. The lowest BCUT2D eigenvalue weighted by atomic mass is 9.94. The Kier molecular flexibility index (Phi) is 6.22. The second-order valence-corrected chi connectivity index (χ2v) is 7.74. The number of nitrogens with zero attached hydrogens (tertiary/aromatic N) is 3. The maximum atomic E-state index is 13.0. The average molecular weight is 409 g/mol. The van der Waals surface area contributed by atoms with Gasteiger partial charge in [-0.3, -0.25) is 14.6 Å². The minimum Gasteiger partial charge on any atom is -0.507 e. The number of Topliss-reactive ketones (excluding diaryl/α,β-unsaturated/α-hetero) is 1. The second kappa shape index (κ2) is 8.67. The van der Waals surface area contributed by atoms with E-state index in [0.29, 0.717) is 30.0 Å². The molecule has 1 aromatic carbocycles. The number of benzene rings is 1. The zero-order valence-corrected chi connectivity index (χ0v) is 18.0. The summed E-state index contributed by atoms with van der Waals surface area (Å²) in [6.07, 6.45) is 3.22. The van der Waals surface area contributed by atoms with E-state index in [0.717, 1.165) is 11.1 Å². The Bertz CT molecular complexity index is 999. The van der Waals surface area contributed by atoms with E-state index in [1.807, 2.05) is 38.9 Å². The van der Waals surface area contributed by atoms with Crippen molar-refractivity contribution in [2.75, 3.05) is 34.3 Å². The van der Waals surface area contributed by atoms with Crippen LogP contribution in [0.15, 0.2) is 42.2 Å². The first-order chi connectivity index (χ1) is 14.3. The summed E-state index contributed by atoms with van der Waals surface area (Å²) in [5.74, 6) is -1.07. The first kappa shape index (κ1) is 21.5. The predicted molar refractivity (Wildman–Crippen MR) is 114 cm³/mol. The van der Waals surface area contributed by atoms with Crippen molar-refractivity contribution in [3.8, 4) is 5.75 Å². The van der Waals surface area contributed by atoms with Crippen LogP contribution in [-0.2, 0) is 9.59 Å². The molecule has 7 nitrogen and oxygen atoms in total. The lowest BCUT2D eigenvalue weighted by molar-refractivity contribution is -0.140. The Labute approximate surface area is 176 Å². The fourth-order valence-electron chi connectivity index (χ4n) is 3.86. The molecule has 0 aliphatic carbocycles. The molecule has 7 heteroatoms. The Hall–Kier alpha value is -3.19. The van der Waals surface area contributed by atoms with E-state index in [1.165, 1.54) is 12.0 Å². The standard InChI is InChI=1S/C23H27N3O4/c1-14-12-15(2)22(30-5)17(13-14)20(27)18-19(16-6-8-24-9-7-16)26(11-10-25(3)4)23(29)21(18)28/h6-9,12-13,19,27H,10-11H2,1-5H3/b20-18+. The molecule has 1 aliphatic rings. The predicted octanol–water partition coefficient (Wildman–Crippen LogP) is 2.69. The van der Waals surface area contributed by atoms with Crippen molar-refractivity contribution in [1.82, 2.24) is 14.8 Å². The number of aliphatic hydroxyl groups is 1. The van der Waals surface area contributed by atoms with Gasteiger partial charge in [0, 0.05) is 25.5 Å². The molecule has 30 heavy (non-hydrogen) atoms. The van der Waals surface area contributed by atoms with Crippen LogP contribution in [0.1, 0.15) is 28.3 Å². The zero-order chi connectivity index (χ0) is 22.0. The van der Waals surface area contributed by atoms with Crippen molar-refractivity contribution in [3.63, 3.8) is 0 Å². The number of carbonyl (C=O) groups is 2. The SMILES string of the molecule is COc1c(C)cc(C)cc1/C(O)=C1\C(=O)C(=O)N(CCN(C)C)C1c1ccncc1. The number of aryl methyl sites for hydroxylation is 2. The summed E-state index contributed by atoms with van der Waals surface area (Å²) in [6.45, 7) is 4.71. The van der Waals surface area contributed by atoms with Crippen LogP contribution in [0.2, 0.25) is 0 Å². The monoisotopic (exact) mass is 409 g/mol.